The second-order valence-corrected chi connectivity index (χ2v) is 5.85. The summed E-state index contributed by atoms with van der Waals surface area (Å²) >= 11 is 0. The van der Waals surface area contributed by atoms with Crippen LogP contribution in [-0.2, 0) is 11.2 Å². The van der Waals surface area contributed by atoms with Crippen molar-refractivity contribution in [2.45, 2.75) is 18.9 Å². The molecule has 0 N–H and O–H groups in total. The molecule has 0 fully saturated rings. The smallest absolute Gasteiger partial charge is 0.276 e. The van der Waals surface area contributed by atoms with Crippen molar-refractivity contribution in [3.8, 4) is 0 Å². The van der Waals surface area contributed by atoms with Gasteiger partial charge in [-0.1, -0.05) is 36.4 Å². The molecule has 5 nitrogen and oxygen atoms in total. The Kier molecular flexibility index (Phi) is 4.42. The number of likely N-dealkylation sites (N-methyl/N-ethyl adjacent to an activating group) is 1. The van der Waals surface area contributed by atoms with E-state index in [1.807, 2.05) is 12.1 Å². The van der Waals surface area contributed by atoms with Gasteiger partial charge in [0.2, 0.25) is 5.91 Å². The van der Waals surface area contributed by atoms with Crippen LogP contribution in [0.3, 0.4) is 0 Å². The van der Waals surface area contributed by atoms with Crippen LogP contribution >= 0.6 is 0 Å². The number of rotatable bonds is 4. The lowest BCUT2D eigenvalue weighted by Crippen LogP contribution is -2.28. The van der Waals surface area contributed by atoms with Crippen molar-refractivity contribution in [3.05, 3.63) is 81.4 Å². The first kappa shape index (κ1) is 15.9. The van der Waals surface area contributed by atoms with Gasteiger partial charge in [-0.05, 0) is 36.1 Å². The molecule has 0 bridgehead atoms. The summed E-state index contributed by atoms with van der Waals surface area (Å²) in [4.78, 5) is 24.7. The predicted octanol–water partition coefficient (Wildman–Crippen LogP) is 3.75. The number of nitrogens with zero attached hydrogens (tertiary/aromatic N) is 2. The predicted molar refractivity (Wildman–Crippen MR) is 92.4 cm³/mol. The van der Waals surface area contributed by atoms with Crippen LogP contribution in [-0.4, -0.2) is 22.8 Å². The largest absolute Gasteiger partial charge is 0.335 e. The first-order valence-corrected chi connectivity index (χ1v) is 7.84. The lowest BCUT2D eigenvalue weighted by Gasteiger charge is -2.24. The number of hydrogen-bond acceptors (Lipinski definition) is 3. The highest BCUT2D eigenvalue weighted by Crippen LogP contribution is 2.34. The van der Waals surface area contributed by atoms with Crippen LogP contribution in [0.15, 0.2) is 54.6 Å². The number of amides is 1. The number of nitro groups is 1. The van der Waals surface area contributed by atoms with Crippen LogP contribution in [0.4, 0.5) is 5.69 Å². The molecule has 3 rings (SSSR count). The Labute approximate surface area is 140 Å². The summed E-state index contributed by atoms with van der Waals surface area (Å²) in [7, 11) is 1.78. The van der Waals surface area contributed by atoms with Crippen LogP contribution < -0.4 is 0 Å². The van der Waals surface area contributed by atoms with Gasteiger partial charge in [-0.3, -0.25) is 14.9 Å². The van der Waals surface area contributed by atoms with Gasteiger partial charge >= 0.3 is 0 Å². The Morgan fingerprint density at radius 2 is 1.92 bits per heavy atom. The third-order valence-electron chi connectivity index (χ3n) is 4.46. The van der Waals surface area contributed by atoms with Gasteiger partial charge in [0.15, 0.2) is 0 Å². The number of hydrogen-bond donors (Lipinski definition) is 0. The van der Waals surface area contributed by atoms with Gasteiger partial charge in [-0.15, -0.1) is 0 Å². The first-order chi connectivity index (χ1) is 11.6. The van der Waals surface area contributed by atoms with Crippen LogP contribution in [0.2, 0.25) is 0 Å². The Morgan fingerprint density at radius 1 is 1.21 bits per heavy atom. The van der Waals surface area contributed by atoms with E-state index >= 15 is 0 Å². The highest BCUT2D eigenvalue weighted by molar-refractivity contribution is 5.92. The maximum absolute atomic E-state index is 12.5. The van der Waals surface area contributed by atoms with Gasteiger partial charge in [0.25, 0.3) is 5.69 Å². The minimum atomic E-state index is -0.443. The number of nitro benzene ring substituents is 1. The van der Waals surface area contributed by atoms with Crippen molar-refractivity contribution in [1.29, 1.82) is 0 Å². The van der Waals surface area contributed by atoms with Crippen LogP contribution in [0.25, 0.3) is 6.08 Å². The van der Waals surface area contributed by atoms with E-state index < -0.39 is 4.92 Å². The Morgan fingerprint density at radius 3 is 2.71 bits per heavy atom. The second kappa shape index (κ2) is 6.66. The van der Waals surface area contributed by atoms with Crippen LogP contribution in [0.5, 0.6) is 0 Å². The monoisotopic (exact) mass is 322 g/mol. The van der Waals surface area contributed by atoms with Gasteiger partial charge in [-0.2, -0.15) is 0 Å². The maximum atomic E-state index is 12.5. The Bertz CT molecular complexity index is 814. The summed E-state index contributed by atoms with van der Waals surface area (Å²) in [6, 6.07) is 14.6. The topological polar surface area (TPSA) is 63.5 Å². The molecular weight excluding hydrogens is 304 g/mol. The summed E-state index contributed by atoms with van der Waals surface area (Å²) in [5.41, 5.74) is 2.89. The number of para-hydroxylation sites is 1. The summed E-state index contributed by atoms with van der Waals surface area (Å²) in [5, 5.41) is 11.0. The molecule has 0 spiro atoms. The fourth-order valence-electron chi connectivity index (χ4n) is 3.16. The minimum Gasteiger partial charge on any atom is -0.335 e. The molecule has 5 heteroatoms. The average Bonchev–Trinajstić information content (AvgIpc) is 3.03. The molecule has 1 unspecified atom stereocenters. The zero-order valence-electron chi connectivity index (χ0n) is 13.4. The summed E-state index contributed by atoms with van der Waals surface area (Å²) in [6.07, 6.45) is 4.79. The number of fused-ring (bicyclic) bond motifs is 1. The molecule has 2 aromatic rings. The molecule has 0 radical (unpaired) electrons. The third kappa shape index (κ3) is 3.06. The SMILES string of the molecule is CN(C(=O)C=Cc1ccccc1[N+](=O)[O-])C1CCc2ccccc21. The maximum Gasteiger partial charge on any atom is 0.276 e. The molecule has 0 heterocycles. The zero-order chi connectivity index (χ0) is 17.1. The van der Waals surface area contributed by atoms with Crippen molar-refractivity contribution in [2.75, 3.05) is 7.05 Å². The molecule has 0 aliphatic heterocycles. The molecule has 0 saturated heterocycles. The molecule has 2 aromatic carbocycles. The Balaban J connectivity index is 1.77. The number of aryl methyl sites for hydroxylation is 1. The van der Waals surface area contributed by atoms with Gasteiger partial charge in [0.05, 0.1) is 16.5 Å². The summed E-state index contributed by atoms with van der Waals surface area (Å²) < 4.78 is 0. The normalized spacial score (nSPS) is 16.1. The van der Waals surface area contributed by atoms with Crippen molar-refractivity contribution in [2.24, 2.45) is 0 Å². The van der Waals surface area contributed by atoms with Crippen molar-refractivity contribution in [1.82, 2.24) is 4.90 Å². The van der Waals surface area contributed by atoms with Gasteiger partial charge in [-0.25, -0.2) is 0 Å². The molecule has 0 aromatic heterocycles. The molecule has 1 aliphatic rings. The van der Waals surface area contributed by atoms with Crippen LogP contribution in [0.1, 0.15) is 29.2 Å². The molecular formula is C19H18N2O3. The van der Waals surface area contributed by atoms with E-state index in [1.165, 1.54) is 29.3 Å². The molecule has 1 aliphatic carbocycles. The minimum absolute atomic E-state index is 0.00425. The fraction of sp³-hybridized carbons (Fsp3) is 0.211. The molecule has 1 amide bonds. The first-order valence-electron chi connectivity index (χ1n) is 7.84. The molecule has 1 atom stereocenters. The summed E-state index contributed by atoms with van der Waals surface area (Å²) in [5.74, 6) is -0.158. The number of benzene rings is 2. The second-order valence-electron chi connectivity index (χ2n) is 5.85. The fourth-order valence-corrected chi connectivity index (χ4v) is 3.16. The van der Waals surface area contributed by atoms with Crippen LogP contribution in [0, 0.1) is 10.1 Å². The highest BCUT2D eigenvalue weighted by atomic mass is 16.6. The summed E-state index contributed by atoms with van der Waals surface area (Å²) in [6.45, 7) is 0. The van der Waals surface area contributed by atoms with E-state index in [2.05, 4.69) is 12.1 Å². The standard InChI is InChI=1S/C19H18N2O3/c1-20(18-12-10-14-6-2-4-8-16(14)18)19(22)13-11-15-7-3-5-9-17(15)21(23)24/h2-9,11,13,18H,10,12H2,1H3. The van der Waals surface area contributed by atoms with E-state index in [-0.39, 0.29) is 17.6 Å². The van der Waals surface area contributed by atoms with Crippen molar-refractivity contribution < 1.29 is 9.72 Å². The average molecular weight is 322 g/mol. The van der Waals surface area contributed by atoms with E-state index in [4.69, 9.17) is 0 Å². The van der Waals surface area contributed by atoms with E-state index in [0.717, 1.165) is 12.8 Å². The van der Waals surface area contributed by atoms with E-state index in [1.54, 1.807) is 30.1 Å². The zero-order valence-corrected chi connectivity index (χ0v) is 13.4. The van der Waals surface area contributed by atoms with Gasteiger partial charge in [0.1, 0.15) is 0 Å². The Hall–Kier alpha value is -2.95. The lowest BCUT2D eigenvalue weighted by molar-refractivity contribution is -0.385. The molecule has 24 heavy (non-hydrogen) atoms. The van der Waals surface area contributed by atoms with E-state index in [9.17, 15) is 14.9 Å². The molecule has 0 saturated carbocycles. The quantitative estimate of drug-likeness (QED) is 0.489. The number of carbonyl (C=O) groups excluding carboxylic acids is 1. The van der Waals surface area contributed by atoms with Crippen molar-refractivity contribution in [3.63, 3.8) is 0 Å². The van der Waals surface area contributed by atoms with Gasteiger partial charge < -0.3 is 4.90 Å². The molecule has 122 valence electrons. The van der Waals surface area contributed by atoms with Gasteiger partial charge in [0, 0.05) is 19.2 Å². The lowest BCUT2D eigenvalue weighted by atomic mass is 10.1. The third-order valence-corrected chi connectivity index (χ3v) is 4.46. The van der Waals surface area contributed by atoms with E-state index in [0.29, 0.717) is 5.56 Å². The van der Waals surface area contributed by atoms with Crippen molar-refractivity contribution >= 4 is 17.7 Å². The number of carbonyl (C=O) groups is 1. The highest BCUT2D eigenvalue weighted by Gasteiger charge is 2.27.